The van der Waals surface area contributed by atoms with E-state index in [1.54, 1.807) is 18.2 Å². The summed E-state index contributed by atoms with van der Waals surface area (Å²) in [6.07, 6.45) is 2.74. The van der Waals surface area contributed by atoms with E-state index in [0.717, 1.165) is 19.3 Å². The van der Waals surface area contributed by atoms with Crippen LogP contribution >= 0.6 is 0 Å². The maximum atomic E-state index is 12.4. The molecule has 1 fully saturated rings. The predicted octanol–water partition coefficient (Wildman–Crippen LogP) is 3.62. The van der Waals surface area contributed by atoms with Crippen LogP contribution in [0.15, 0.2) is 54.6 Å². The van der Waals surface area contributed by atoms with E-state index < -0.39 is 10.0 Å². The molecule has 1 heterocycles. The summed E-state index contributed by atoms with van der Waals surface area (Å²) in [6, 6.07) is 16.4. The van der Waals surface area contributed by atoms with Crippen molar-refractivity contribution in [3.8, 4) is 11.5 Å². The van der Waals surface area contributed by atoms with Gasteiger partial charge in [0, 0.05) is 19.5 Å². The third-order valence-electron chi connectivity index (χ3n) is 4.43. The van der Waals surface area contributed by atoms with Crippen LogP contribution in [0.25, 0.3) is 0 Å². The van der Waals surface area contributed by atoms with Crippen molar-refractivity contribution in [3.63, 3.8) is 0 Å². The van der Waals surface area contributed by atoms with Gasteiger partial charge < -0.3 is 10.1 Å². The SMILES string of the molecule is O=C(CCS(=O)(=O)N1CCCCC1)Nc1ccccc1Oc1ccccc1. The number of para-hydroxylation sites is 3. The van der Waals surface area contributed by atoms with Crippen LogP contribution in [0.5, 0.6) is 11.5 Å². The third-order valence-corrected chi connectivity index (χ3v) is 6.30. The van der Waals surface area contributed by atoms with Gasteiger partial charge in [0.15, 0.2) is 5.75 Å². The highest BCUT2D eigenvalue weighted by Gasteiger charge is 2.24. The molecule has 6 nitrogen and oxygen atoms in total. The molecule has 0 aliphatic carbocycles. The summed E-state index contributed by atoms with van der Waals surface area (Å²) in [5, 5.41) is 2.76. The molecule has 1 aliphatic rings. The number of ether oxygens (including phenoxy) is 1. The molecule has 2 aromatic rings. The number of nitrogens with one attached hydrogen (secondary N) is 1. The monoisotopic (exact) mass is 388 g/mol. The summed E-state index contributed by atoms with van der Waals surface area (Å²) in [5.74, 6) is 0.642. The number of amides is 1. The van der Waals surface area contributed by atoms with Gasteiger partial charge in [0.25, 0.3) is 0 Å². The largest absolute Gasteiger partial charge is 0.455 e. The Balaban J connectivity index is 1.59. The van der Waals surface area contributed by atoms with Crippen molar-refractivity contribution in [1.82, 2.24) is 4.31 Å². The molecule has 0 bridgehead atoms. The molecule has 144 valence electrons. The fraction of sp³-hybridized carbons (Fsp3) is 0.350. The Morgan fingerprint density at radius 2 is 1.63 bits per heavy atom. The lowest BCUT2D eigenvalue weighted by Gasteiger charge is -2.25. The van der Waals surface area contributed by atoms with Crippen LogP contribution in [0.2, 0.25) is 0 Å². The van der Waals surface area contributed by atoms with Crippen molar-refractivity contribution in [2.45, 2.75) is 25.7 Å². The van der Waals surface area contributed by atoms with Crippen LogP contribution in [0.4, 0.5) is 5.69 Å². The summed E-state index contributed by atoms with van der Waals surface area (Å²) in [4.78, 5) is 12.3. The summed E-state index contributed by atoms with van der Waals surface area (Å²) >= 11 is 0. The number of rotatable bonds is 7. The van der Waals surface area contributed by atoms with Gasteiger partial charge >= 0.3 is 0 Å². The average molecular weight is 388 g/mol. The fourth-order valence-electron chi connectivity index (χ4n) is 2.98. The maximum absolute atomic E-state index is 12.4. The molecule has 3 rings (SSSR count). The molecule has 1 saturated heterocycles. The van der Waals surface area contributed by atoms with Gasteiger partial charge in [-0.2, -0.15) is 0 Å². The van der Waals surface area contributed by atoms with Crippen LogP contribution in [0.3, 0.4) is 0 Å². The number of piperidine rings is 1. The smallest absolute Gasteiger partial charge is 0.225 e. The summed E-state index contributed by atoms with van der Waals surface area (Å²) in [5.41, 5.74) is 0.515. The number of anilines is 1. The van der Waals surface area contributed by atoms with E-state index in [0.29, 0.717) is 30.3 Å². The molecule has 1 aliphatic heterocycles. The van der Waals surface area contributed by atoms with E-state index in [2.05, 4.69) is 5.32 Å². The van der Waals surface area contributed by atoms with Gasteiger partial charge in [-0.3, -0.25) is 4.79 Å². The average Bonchev–Trinajstić information content (AvgIpc) is 2.69. The predicted molar refractivity (Wildman–Crippen MR) is 105 cm³/mol. The normalized spacial score (nSPS) is 15.3. The van der Waals surface area contributed by atoms with E-state index >= 15 is 0 Å². The minimum atomic E-state index is -3.39. The molecule has 0 aromatic heterocycles. The first-order valence-electron chi connectivity index (χ1n) is 9.14. The number of benzene rings is 2. The zero-order valence-electron chi connectivity index (χ0n) is 15.1. The van der Waals surface area contributed by atoms with E-state index in [9.17, 15) is 13.2 Å². The first-order chi connectivity index (χ1) is 13.0. The van der Waals surface area contributed by atoms with Crippen molar-refractivity contribution in [2.75, 3.05) is 24.2 Å². The standard InChI is InChI=1S/C20H24N2O4S/c23-20(13-16-27(24,25)22-14-7-2-8-15-22)21-18-11-5-6-12-19(18)26-17-9-3-1-4-10-17/h1,3-6,9-12H,2,7-8,13-16H2,(H,21,23). The molecule has 1 N–H and O–H groups in total. The van der Waals surface area contributed by atoms with Crippen molar-refractivity contribution in [1.29, 1.82) is 0 Å². The second kappa shape index (κ2) is 9.01. The number of hydrogen-bond acceptors (Lipinski definition) is 4. The molecule has 0 unspecified atom stereocenters. The molecule has 0 saturated carbocycles. The minimum absolute atomic E-state index is 0.0848. The molecule has 0 atom stereocenters. The lowest BCUT2D eigenvalue weighted by molar-refractivity contribution is -0.115. The fourth-order valence-corrected chi connectivity index (χ4v) is 4.50. The first-order valence-corrected chi connectivity index (χ1v) is 10.8. The number of sulfonamides is 1. The minimum Gasteiger partial charge on any atom is -0.455 e. The van der Waals surface area contributed by atoms with Crippen LogP contribution in [0.1, 0.15) is 25.7 Å². The first kappa shape index (κ1) is 19.4. The van der Waals surface area contributed by atoms with Crippen LogP contribution in [-0.2, 0) is 14.8 Å². The zero-order valence-corrected chi connectivity index (χ0v) is 16.0. The van der Waals surface area contributed by atoms with Gasteiger partial charge in [-0.05, 0) is 37.1 Å². The second-order valence-electron chi connectivity index (χ2n) is 6.49. The lowest BCUT2D eigenvalue weighted by Crippen LogP contribution is -2.37. The zero-order chi connectivity index (χ0) is 19.1. The number of carbonyl (C=O) groups excluding carboxylic acids is 1. The van der Waals surface area contributed by atoms with E-state index in [1.807, 2.05) is 36.4 Å². The highest BCUT2D eigenvalue weighted by molar-refractivity contribution is 7.89. The maximum Gasteiger partial charge on any atom is 0.225 e. The Hall–Kier alpha value is -2.38. The molecule has 0 spiro atoms. The van der Waals surface area contributed by atoms with Crippen molar-refractivity contribution in [2.24, 2.45) is 0 Å². The topological polar surface area (TPSA) is 75.7 Å². The van der Waals surface area contributed by atoms with Crippen molar-refractivity contribution >= 4 is 21.6 Å². The van der Waals surface area contributed by atoms with Gasteiger partial charge in [0.05, 0.1) is 11.4 Å². The van der Waals surface area contributed by atoms with Gasteiger partial charge in [-0.15, -0.1) is 0 Å². The van der Waals surface area contributed by atoms with Gasteiger partial charge in [-0.1, -0.05) is 36.8 Å². The molecule has 0 radical (unpaired) electrons. The summed E-state index contributed by atoms with van der Waals surface area (Å²) in [6.45, 7) is 1.11. The Kier molecular flexibility index (Phi) is 6.47. The summed E-state index contributed by atoms with van der Waals surface area (Å²) < 4.78 is 32.0. The van der Waals surface area contributed by atoms with E-state index in [1.165, 1.54) is 4.31 Å². The molecule has 1 amide bonds. The quantitative estimate of drug-likeness (QED) is 0.786. The Labute approximate surface area is 160 Å². The summed E-state index contributed by atoms with van der Waals surface area (Å²) in [7, 11) is -3.39. The van der Waals surface area contributed by atoms with E-state index in [4.69, 9.17) is 4.74 Å². The Morgan fingerprint density at radius 3 is 2.37 bits per heavy atom. The van der Waals surface area contributed by atoms with E-state index in [-0.39, 0.29) is 18.1 Å². The molecular weight excluding hydrogens is 364 g/mol. The van der Waals surface area contributed by atoms with Gasteiger partial charge in [-0.25, -0.2) is 12.7 Å². The molecular formula is C20H24N2O4S. The Morgan fingerprint density at radius 1 is 0.963 bits per heavy atom. The van der Waals surface area contributed by atoms with Crippen LogP contribution < -0.4 is 10.1 Å². The highest BCUT2D eigenvalue weighted by atomic mass is 32.2. The second-order valence-corrected chi connectivity index (χ2v) is 8.57. The third kappa shape index (κ3) is 5.55. The molecule has 27 heavy (non-hydrogen) atoms. The van der Waals surface area contributed by atoms with Gasteiger partial charge in [0.1, 0.15) is 5.75 Å². The van der Waals surface area contributed by atoms with Crippen LogP contribution in [-0.4, -0.2) is 37.5 Å². The lowest BCUT2D eigenvalue weighted by atomic mass is 10.2. The number of hydrogen-bond donors (Lipinski definition) is 1. The van der Waals surface area contributed by atoms with Crippen LogP contribution in [0, 0.1) is 0 Å². The number of carbonyl (C=O) groups is 1. The number of nitrogens with zero attached hydrogens (tertiary/aromatic N) is 1. The molecule has 2 aromatic carbocycles. The highest BCUT2D eigenvalue weighted by Crippen LogP contribution is 2.29. The van der Waals surface area contributed by atoms with Crippen molar-refractivity contribution in [3.05, 3.63) is 54.6 Å². The van der Waals surface area contributed by atoms with Gasteiger partial charge in [0.2, 0.25) is 15.9 Å². The van der Waals surface area contributed by atoms with Crippen molar-refractivity contribution < 1.29 is 17.9 Å². The Bertz CT molecular complexity index is 863. The molecule has 7 heteroatoms.